The summed E-state index contributed by atoms with van der Waals surface area (Å²) >= 11 is 9.53. The maximum Gasteiger partial charge on any atom is 0.227 e. The molecule has 3 heterocycles. The van der Waals surface area contributed by atoms with Gasteiger partial charge in [-0.3, -0.25) is 4.79 Å². The van der Waals surface area contributed by atoms with Gasteiger partial charge in [0.1, 0.15) is 0 Å². The molecule has 1 amide bonds. The van der Waals surface area contributed by atoms with Crippen molar-refractivity contribution in [3.63, 3.8) is 0 Å². The second-order valence-electron chi connectivity index (χ2n) is 6.09. The van der Waals surface area contributed by atoms with Crippen LogP contribution in [0, 0.1) is 5.92 Å². The number of anilines is 2. The molecular formula is C16H15BrClN7O. The molecule has 0 spiro atoms. The zero-order valence-corrected chi connectivity index (χ0v) is 16.0. The maximum absolute atomic E-state index is 12.5. The third-order valence-corrected chi connectivity index (χ3v) is 5.24. The summed E-state index contributed by atoms with van der Waals surface area (Å²) in [6, 6.07) is 9.14. The molecule has 0 saturated carbocycles. The average Bonchev–Trinajstić information content (AvgIpc) is 3.12. The van der Waals surface area contributed by atoms with Gasteiger partial charge in [0.05, 0.1) is 10.7 Å². The normalized spacial score (nSPS) is 15.4. The number of aromatic nitrogens is 5. The smallest absolute Gasteiger partial charge is 0.227 e. The van der Waals surface area contributed by atoms with Gasteiger partial charge < -0.3 is 10.2 Å². The molecule has 10 heteroatoms. The molecule has 0 bridgehead atoms. The lowest BCUT2D eigenvalue weighted by molar-refractivity contribution is -0.120. The number of fused-ring (bicyclic) bond motifs is 1. The fraction of sp³-hybridized carbons (Fsp3) is 0.312. The van der Waals surface area contributed by atoms with Crippen LogP contribution in [0.15, 0.2) is 34.8 Å². The van der Waals surface area contributed by atoms with Crippen molar-refractivity contribution in [1.29, 1.82) is 0 Å². The summed E-state index contributed by atoms with van der Waals surface area (Å²) in [5.41, 5.74) is 1.24. The Balaban J connectivity index is 1.38. The van der Waals surface area contributed by atoms with E-state index in [-0.39, 0.29) is 11.8 Å². The van der Waals surface area contributed by atoms with Crippen LogP contribution in [0.4, 0.5) is 11.5 Å². The first kappa shape index (κ1) is 17.2. The first-order valence-electron chi connectivity index (χ1n) is 8.16. The van der Waals surface area contributed by atoms with Gasteiger partial charge in [0, 0.05) is 23.5 Å². The number of rotatable bonds is 3. The SMILES string of the molecule is O=C(Nc1ccc(Br)cc1Cl)C1CCN(c2ccc3nnnn3n2)CC1. The Bertz CT molecular complexity index is 955. The van der Waals surface area contributed by atoms with Crippen molar-refractivity contribution in [1.82, 2.24) is 25.3 Å². The number of hydrogen-bond acceptors (Lipinski definition) is 6. The molecule has 1 aliphatic rings. The van der Waals surface area contributed by atoms with Gasteiger partial charge in [0.25, 0.3) is 0 Å². The van der Waals surface area contributed by atoms with E-state index in [1.165, 1.54) is 4.63 Å². The quantitative estimate of drug-likeness (QED) is 0.679. The van der Waals surface area contributed by atoms with Crippen molar-refractivity contribution in [3.05, 3.63) is 39.8 Å². The number of nitrogens with one attached hydrogen (secondary N) is 1. The van der Waals surface area contributed by atoms with Crippen LogP contribution >= 0.6 is 27.5 Å². The number of nitrogens with zero attached hydrogens (tertiary/aromatic N) is 6. The predicted molar refractivity (Wildman–Crippen MR) is 101 cm³/mol. The number of amides is 1. The summed E-state index contributed by atoms with van der Waals surface area (Å²) in [6.45, 7) is 1.49. The van der Waals surface area contributed by atoms with Crippen LogP contribution in [0.5, 0.6) is 0 Å². The number of piperidine rings is 1. The Morgan fingerprint density at radius 2 is 2.04 bits per heavy atom. The molecule has 2 aromatic heterocycles. The fourth-order valence-electron chi connectivity index (χ4n) is 3.01. The molecule has 4 rings (SSSR count). The van der Waals surface area contributed by atoms with Crippen LogP contribution < -0.4 is 10.2 Å². The van der Waals surface area contributed by atoms with Crippen LogP contribution in [-0.2, 0) is 4.79 Å². The Morgan fingerprint density at radius 1 is 1.23 bits per heavy atom. The first-order chi connectivity index (χ1) is 12.6. The molecule has 0 atom stereocenters. The number of carbonyl (C=O) groups is 1. The highest BCUT2D eigenvalue weighted by Crippen LogP contribution is 2.28. The molecule has 1 N–H and O–H groups in total. The van der Waals surface area contributed by atoms with Gasteiger partial charge in [-0.25, -0.2) is 0 Å². The van der Waals surface area contributed by atoms with Crippen LogP contribution in [0.2, 0.25) is 5.02 Å². The summed E-state index contributed by atoms with van der Waals surface area (Å²) in [5.74, 6) is 0.750. The Hall–Kier alpha value is -2.26. The van der Waals surface area contributed by atoms with Crippen LogP contribution in [0.25, 0.3) is 5.65 Å². The molecule has 0 unspecified atom stereocenters. The summed E-state index contributed by atoms with van der Waals surface area (Å²) < 4.78 is 2.28. The van der Waals surface area contributed by atoms with E-state index < -0.39 is 0 Å². The molecular weight excluding hydrogens is 422 g/mol. The number of carbonyl (C=O) groups excluding carboxylic acids is 1. The largest absolute Gasteiger partial charge is 0.355 e. The molecule has 134 valence electrons. The monoisotopic (exact) mass is 435 g/mol. The van der Waals surface area contributed by atoms with E-state index in [0.717, 1.165) is 36.2 Å². The third-order valence-electron chi connectivity index (χ3n) is 4.43. The standard InChI is InChI=1S/C16H15BrClN7O/c17-11-1-2-13(12(18)9-11)19-16(26)10-5-7-24(8-6-10)15-4-3-14-20-22-23-25(14)21-15/h1-4,9-10H,5-8H2,(H,19,26). The molecule has 1 fully saturated rings. The summed E-state index contributed by atoms with van der Waals surface area (Å²) in [6.07, 6.45) is 1.49. The van der Waals surface area contributed by atoms with E-state index in [1.807, 2.05) is 18.2 Å². The zero-order chi connectivity index (χ0) is 18.1. The number of halogens is 2. The van der Waals surface area contributed by atoms with Crippen molar-refractivity contribution in [2.75, 3.05) is 23.3 Å². The molecule has 8 nitrogen and oxygen atoms in total. The van der Waals surface area contributed by atoms with Gasteiger partial charge in [0.2, 0.25) is 5.91 Å². The van der Waals surface area contributed by atoms with Crippen molar-refractivity contribution in [3.8, 4) is 0 Å². The molecule has 0 radical (unpaired) electrons. The minimum absolute atomic E-state index is 0.00207. The van der Waals surface area contributed by atoms with Gasteiger partial charge >= 0.3 is 0 Å². The molecule has 3 aromatic rings. The third kappa shape index (κ3) is 3.49. The highest BCUT2D eigenvalue weighted by molar-refractivity contribution is 9.10. The second-order valence-corrected chi connectivity index (χ2v) is 7.42. The van der Waals surface area contributed by atoms with E-state index in [2.05, 4.69) is 46.8 Å². The summed E-state index contributed by atoms with van der Waals surface area (Å²) in [7, 11) is 0. The zero-order valence-electron chi connectivity index (χ0n) is 13.6. The van der Waals surface area contributed by atoms with Crippen molar-refractivity contribution >= 4 is 50.6 Å². The van der Waals surface area contributed by atoms with Gasteiger partial charge in [-0.2, -0.15) is 0 Å². The van der Waals surface area contributed by atoms with E-state index in [4.69, 9.17) is 11.6 Å². The van der Waals surface area contributed by atoms with Crippen LogP contribution in [0.3, 0.4) is 0 Å². The minimum Gasteiger partial charge on any atom is -0.355 e. The Kier molecular flexibility index (Phi) is 4.73. The topological polar surface area (TPSA) is 88.3 Å². The summed E-state index contributed by atoms with van der Waals surface area (Å²) in [4.78, 5) is 14.7. The fourth-order valence-corrected chi connectivity index (χ4v) is 3.73. The number of hydrogen-bond donors (Lipinski definition) is 1. The number of benzene rings is 1. The van der Waals surface area contributed by atoms with E-state index in [0.29, 0.717) is 16.4 Å². The highest BCUT2D eigenvalue weighted by atomic mass is 79.9. The molecule has 26 heavy (non-hydrogen) atoms. The Labute approximate surface area is 162 Å². The van der Waals surface area contributed by atoms with Crippen LogP contribution in [0.1, 0.15) is 12.8 Å². The lowest BCUT2D eigenvalue weighted by atomic mass is 9.96. The van der Waals surface area contributed by atoms with Gasteiger partial charge in [-0.1, -0.05) is 27.5 Å². The van der Waals surface area contributed by atoms with Crippen LogP contribution in [-0.4, -0.2) is 44.3 Å². The first-order valence-corrected chi connectivity index (χ1v) is 9.33. The Morgan fingerprint density at radius 3 is 2.81 bits per heavy atom. The van der Waals surface area contributed by atoms with Gasteiger partial charge in [-0.15, -0.1) is 14.8 Å². The van der Waals surface area contributed by atoms with E-state index in [9.17, 15) is 4.79 Å². The number of tetrazole rings is 1. The lowest BCUT2D eigenvalue weighted by Gasteiger charge is -2.31. The maximum atomic E-state index is 12.5. The van der Waals surface area contributed by atoms with Crippen molar-refractivity contribution in [2.45, 2.75) is 12.8 Å². The average molecular weight is 437 g/mol. The molecule has 1 aromatic carbocycles. The minimum atomic E-state index is -0.0530. The van der Waals surface area contributed by atoms with E-state index in [1.54, 1.807) is 12.1 Å². The molecule has 1 aliphatic heterocycles. The lowest BCUT2D eigenvalue weighted by Crippen LogP contribution is -2.38. The van der Waals surface area contributed by atoms with Gasteiger partial charge in [0.15, 0.2) is 11.5 Å². The highest BCUT2D eigenvalue weighted by Gasteiger charge is 2.26. The predicted octanol–water partition coefficient (Wildman–Crippen LogP) is 2.79. The van der Waals surface area contributed by atoms with Gasteiger partial charge in [-0.05, 0) is 53.6 Å². The summed E-state index contributed by atoms with van der Waals surface area (Å²) in [5, 5.41) is 19.1. The molecule has 1 saturated heterocycles. The van der Waals surface area contributed by atoms with Crippen molar-refractivity contribution in [2.24, 2.45) is 5.92 Å². The van der Waals surface area contributed by atoms with Crippen molar-refractivity contribution < 1.29 is 4.79 Å². The van der Waals surface area contributed by atoms with E-state index >= 15 is 0 Å². The second kappa shape index (κ2) is 7.16. The molecule has 0 aliphatic carbocycles.